The molecular weight excluding hydrogens is 130 g/mol. The van der Waals surface area contributed by atoms with E-state index < -0.39 is 0 Å². The molecule has 1 radical (unpaired) electrons. The highest BCUT2D eigenvalue weighted by molar-refractivity contribution is 5.13. The summed E-state index contributed by atoms with van der Waals surface area (Å²) >= 11 is 0. The number of hydrogen-bond acceptors (Lipinski definition) is 3. The molecule has 1 heterocycles. The van der Waals surface area contributed by atoms with Gasteiger partial charge in [0.25, 0.3) is 0 Å². The first kappa shape index (κ1) is 7.02. The molecule has 0 spiro atoms. The molecule has 0 fully saturated rings. The molecule has 0 unspecified atom stereocenters. The molecule has 0 aromatic carbocycles. The Morgan fingerprint density at radius 3 is 3.20 bits per heavy atom. The predicted molar refractivity (Wildman–Crippen MR) is 35.6 cm³/mol. The Morgan fingerprint density at radius 2 is 2.60 bits per heavy atom. The maximum atomic E-state index is 5.01. The van der Waals surface area contributed by atoms with Gasteiger partial charge in [0.1, 0.15) is 6.20 Å². The Kier molecular flexibility index (Phi) is 2.70. The van der Waals surface area contributed by atoms with Gasteiger partial charge < -0.3 is 9.47 Å². The average molecular weight is 138 g/mol. The number of hydrogen-bond donors (Lipinski definition) is 0. The van der Waals surface area contributed by atoms with E-state index in [0.717, 1.165) is 0 Å². The number of pyridine rings is 1. The van der Waals surface area contributed by atoms with Crippen LogP contribution in [0.5, 0.6) is 5.75 Å². The monoisotopic (exact) mass is 138 g/mol. The van der Waals surface area contributed by atoms with Gasteiger partial charge in [0, 0.05) is 13.3 Å². The van der Waals surface area contributed by atoms with E-state index in [1.807, 2.05) is 0 Å². The van der Waals surface area contributed by atoms with E-state index in [0.29, 0.717) is 5.75 Å². The highest BCUT2D eigenvalue weighted by Gasteiger charge is 1.88. The quantitative estimate of drug-likeness (QED) is 0.580. The van der Waals surface area contributed by atoms with Gasteiger partial charge in [-0.25, -0.2) is 0 Å². The standard InChI is InChI=1S/C7H8NO2/c1-9-6-10-7-3-2-4-8-5-7/h2-4H,6H2,1H3. The van der Waals surface area contributed by atoms with Crippen LogP contribution in [0.3, 0.4) is 0 Å². The third kappa shape index (κ3) is 2.03. The summed E-state index contributed by atoms with van der Waals surface area (Å²) in [6.45, 7) is 0.238. The van der Waals surface area contributed by atoms with E-state index in [1.165, 1.54) is 0 Å². The van der Waals surface area contributed by atoms with E-state index in [9.17, 15) is 0 Å². The SMILES string of the molecule is COCOc1[c]nccc1. The summed E-state index contributed by atoms with van der Waals surface area (Å²) in [6, 6.07) is 3.55. The van der Waals surface area contributed by atoms with Gasteiger partial charge in [-0.1, -0.05) is 0 Å². The van der Waals surface area contributed by atoms with Crippen LogP contribution in [-0.4, -0.2) is 18.9 Å². The van der Waals surface area contributed by atoms with Crippen molar-refractivity contribution < 1.29 is 9.47 Å². The lowest BCUT2D eigenvalue weighted by atomic mass is 10.5. The summed E-state index contributed by atoms with van der Waals surface area (Å²) < 4.78 is 9.69. The van der Waals surface area contributed by atoms with Gasteiger partial charge in [0.05, 0.1) is 0 Å². The van der Waals surface area contributed by atoms with Crippen molar-refractivity contribution in [2.24, 2.45) is 0 Å². The maximum absolute atomic E-state index is 5.01. The summed E-state index contributed by atoms with van der Waals surface area (Å²) in [5, 5.41) is 0. The molecule has 1 aromatic rings. The molecule has 0 atom stereocenters. The van der Waals surface area contributed by atoms with Crippen molar-refractivity contribution in [3.05, 3.63) is 24.5 Å². The minimum atomic E-state index is 0.238. The second-order valence-corrected chi connectivity index (χ2v) is 1.66. The molecule has 0 N–H and O–H groups in total. The molecule has 3 nitrogen and oxygen atoms in total. The summed E-state index contributed by atoms with van der Waals surface area (Å²) in [5.74, 6) is 0.601. The number of nitrogens with zero attached hydrogens (tertiary/aromatic N) is 1. The number of aromatic nitrogens is 1. The van der Waals surface area contributed by atoms with Crippen molar-refractivity contribution in [3.8, 4) is 5.75 Å². The van der Waals surface area contributed by atoms with Crippen LogP contribution in [0.15, 0.2) is 18.3 Å². The zero-order valence-corrected chi connectivity index (χ0v) is 5.70. The van der Waals surface area contributed by atoms with Crippen molar-refractivity contribution in [3.63, 3.8) is 0 Å². The average Bonchev–Trinajstić information content (AvgIpc) is 2.03. The number of methoxy groups -OCH3 is 1. The van der Waals surface area contributed by atoms with E-state index >= 15 is 0 Å². The zero-order chi connectivity index (χ0) is 7.23. The Bertz CT molecular complexity index is 176. The van der Waals surface area contributed by atoms with Crippen molar-refractivity contribution in [1.82, 2.24) is 4.98 Å². The van der Waals surface area contributed by atoms with Gasteiger partial charge in [-0.2, -0.15) is 0 Å². The van der Waals surface area contributed by atoms with Gasteiger partial charge >= 0.3 is 0 Å². The fraction of sp³-hybridized carbons (Fsp3) is 0.286. The van der Waals surface area contributed by atoms with E-state index in [4.69, 9.17) is 4.74 Å². The zero-order valence-electron chi connectivity index (χ0n) is 5.70. The minimum absolute atomic E-state index is 0.238. The van der Waals surface area contributed by atoms with Crippen LogP contribution in [0.2, 0.25) is 0 Å². The van der Waals surface area contributed by atoms with Gasteiger partial charge in [-0.05, 0) is 12.1 Å². The molecule has 0 aliphatic rings. The molecule has 0 aliphatic heterocycles. The highest BCUT2D eigenvalue weighted by Crippen LogP contribution is 2.03. The number of rotatable bonds is 3. The van der Waals surface area contributed by atoms with Crippen molar-refractivity contribution >= 4 is 0 Å². The second kappa shape index (κ2) is 3.85. The highest BCUT2D eigenvalue weighted by atomic mass is 16.7. The molecular formula is C7H8NO2. The Labute approximate surface area is 59.6 Å². The first-order valence-electron chi connectivity index (χ1n) is 2.88. The number of ether oxygens (including phenoxy) is 2. The predicted octanol–water partition coefficient (Wildman–Crippen LogP) is 0.864. The van der Waals surface area contributed by atoms with Gasteiger partial charge in [-0.15, -0.1) is 0 Å². The topological polar surface area (TPSA) is 31.4 Å². The fourth-order valence-electron chi connectivity index (χ4n) is 0.514. The summed E-state index contributed by atoms with van der Waals surface area (Å²) in [6.07, 6.45) is 4.29. The molecule has 0 bridgehead atoms. The molecule has 1 rings (SSSR count). The molecule has 3 heteroatoms. The van der Waals surface area contributed by atoms with Gasteiger partial charge in [0.15, 0.2) is 12.5 Å². The Hall–Kier alpha value is -1.09. The largest absolute Gasteiger partial charge is 0.465 e. The van der Waals surface area contributed by atoms with Crippen LogP contribution in [0.4, 0.5) is 0 Å². The van der Waals surface area contributed by atoms with Gasteiger partial charge in [-0.3, -0.25) is 4.98 Å². The van der Waals surface area contributed by atoms with Crippen molar-refractivity contribution in [2.75, 3.05) is 13.9 Å². The first-order valence-corrected chi connectivity index (χ1v) is 2.88. The fourth-order valence-corrected chi connectivity index (χ4v) is 0.514. The molecule has 0 aliphatic carbocycles. The summed E-state index contributed by atoms with van der Waals surface area (Å²) in [4.78, 5) is 3.73. The third-order valence-electron chi connectivity index (χ3n) is 0.915. The van der Waals surface area contributed by atoms with Gasteiger partial charge in [0.2, 0.25) is 0 Å². The normalized spacial score (nSPS) is 9.30. The molecule has 1 aromatic heterocycles. The van der Waals surface area contributed by atoms with E-state index in [2.05, 4.69) is 15.9 Å². The Balaban J connectivity index is 2.43. The lowest BCUT2D eigenvalue weighted by Crippen LogP contribution is -1.98. The van der Waals surface area contributed by atoms with Crippen LogP contribution in [0.25, 0.3) is 0 Å². The van der Waals surface area contributed by atoms with E-state index in [1.54, 1.807) is 25.4 Å². The molecule has 0 saturated heterocycles. The third-order valence-corrected chi connectivity index (χ3v) is 0.915. The Morgan fingerprint density at radius 1 is 1.70 bits per heavy atom. The van der Waals surface area contributed by atoms with E-state index in [-0.39, 0.29) is 6.79 Å². The van der Waals surface area contributed by atoms with Crippen LogP contribution >= 0.6 is 0 Å². The lowest BCUT2D eigenvalue weighted by molar-refractivity contribution is 0.0506. The molecule has 10 heavy (non-hydrogen) atoms. The van der Waals surface area contributed by atoms with Crippen LogP contribution in [0, 0.1) is 6.20 Å². The van der Waals surface area contributed by atoms with Crippen molar-refractivity contribution in [2.45, 2.75) is 0 Å². The first-order chi connectivity index (χ1) is 4.93. The van der Waals surface area contributed by atoms with Crippen LogP contribution < -0.4 is 4.74 Å². The van der Waals surface area contributed by atoms with Crippen molar-refractivity contribution in [1.29, 1.82) is 0 Å². The van der Waals surface area contributed by atoms with Crippen LogP contribution in [0.1, 0.15) is 0 Å². The smallest absolute Gasteiger partial charge is 0.188 e. The van der Waals surface area contributed by atoms with Crippen LogP contribution in [-0.2, 0) is 4.74 Å². The molecule has 53 valence electrons. The second-order valence-electron chi connectivity index (χ2n) is 1.66. The summed E-state index contributed by atoms with van der Waals surface area (Å²) in [5.41, 5.74) is 0. The lowest BCUT2D eigenvalue weighted by Gasteiger charge is -2.00. The maximum Gasteiger partial charge on any atom is 0.188 e. The molecule has 0 amide bonds. The summed E-state index contributed by atoms with van der Waals surface area (Å²) in [7, 11) is 1.57. The minimum Gasteiger partial charge on any atom is -0.465 e. The molecule has 0 saturated carbocycles.